The van der Waals surface area contributed by atoms with E-state index in [1.165, 1.54) is 0 Å². The van der Waals surface area contributed by atoms with E-state index < -0.39 is 7.82 Å². The van der Waals surface area contributed by atoms with Crippen LogP contribution in [0, 0.1) is 0 Å². The molecule has 0 spiro atoms. The van der Waals surface area contributed by atoms with Crippen LogP contribution in [0.3, 0.4) is 0 Å². The number of rotatable bonds is 1. The fourth-order valence-corrected chi connectivity index (χ4v) is 0. The molecule has 4 nitrogen and oxygen atoms in total. The van der Waals surface area contributed by atoms with Crippen molar-refractivity contribution >= 4 is 58.6 Å². The van der Waals surface area contributed by atoms with Gasteiger partial charge in [-0.25, -0.2) is 0 Å². The Bertz CT molecular complexity index is 75.8. The molecule has 0 aromatic rings. The van der Waals surface area contributed by atoms with E-state index in [2.05, 4.69) is 2.80 Å². The minimum Gasteiger partial charge on any atom is 2.00 e. The molecule has 0 aliphatic heterocycles. The average Bonchev–Trinajstić information content (AvgIpc) is 1.35. The van der Waals surface area contributed by atoms with Crippen molar-refractivity contribution in [2.24, 2.45) is 0 Å². The van der Waals surface area contributed by atoms with E-state index in [1.807, 2.05) is 0 Å². The molecule has 0 aliphatic carbocycles. The van der Waals surface area contributed by atoms with Crippen LogP contribution in [-0.2, 0) is 7.37 Å². The zero-order chi connectivity index (χ0) is 5.21. The quantitative estimate of drug-likeness (QED) is 0.331. The largest absolute Gasteiger partial charge is 2.00 e. The van der Waals surface area contributed by atoms with Crippen molar-refractivity contribution in [3.63, 3.8) is 0 Å². The number of hydrogen-bond donors (Lipinski definition) is 0. The zero-order valence-corrected chi connectivity index (χ0v) is 11.2. The van der Waals surface area contributed by atoms with E-state index in [-0.39, 0.29) is 50.7 Å². The van der Waals surface area contributed by atoms with E-state index in [0.29, 0.717) is 0 Å². The molecule has 0 saturated heterocycles. The van der Waals surface area contributed by atoms with Crippen LogP contribution >= 0.6 is 7.82 Å². The van der Waals surface area contributed by atoms with Gasteiger partial charge in [0.25, 0.3) is 0 Å². The Morgan fingerprint density at radius 1 is 1.57 bits per heavy atom. The predicted octanol–water partition coefficient (Wildman–Crippen LogP) is -3.00. The van der Waals surface area contributed by atoms with Crippen LogP contribution in [0.2, 0.25) is 0 Å². The molecular formula is H2O4PPbSb. The molecule has 0 fully saturated rings. The van der Waals surface area contributed by atoms with Crippen LogP contribution in [0.15, 0.2) is 0 Å². The molecule has 0 N–H and O–H groups in total. The third-order valence-corrected chi connectivity index (χ3v) is 2.60. The topological polar surface area (TPSA) is 72.4 Å². The average molecular weight is 426 g/mol. The third kappa shape index (κ3) is 11.4. The first-order chi connectivity index (χ1) is 2.56. The Kier molecular flexibility index (Phi) is 7.81. The summed E-state index contributed by atoms with van der Waals surface area (Å²) in [6.45, 7) is 0. The van der Waals surface area contributed by atoms with Crippen molar-refractivity contribution in [3.8, 4) is 0 Å². The molecule has 7 heavy (non-hydrogen) atoms. The molecule has 0 aromatic carbocycles. The fraction of sp³-hybridized carbons (Fsp3) is 0. The Hall–Kier alpha value is 1.85. The van der Waals surface area contributed by atoms with Gasteiger partial charge in [0.2, 0.25) is 0 Å². The Morgan fingerprint density at radius 2 is 1.71 bits per heavy atom. The van der Waals surface area contributed by atoms with E-state index in [1.54, 1.807) is 0 Å². The second-order valence-corrected chi connectivity index (χ2v) is 3.46. The monoisotopic (exact) mass is 426 g/mol. The van der Waals surface area contributed by atoms with Gasteiger partial charge in [-0.2, -0.15) is 0 Å². The molecule has 0 heterocycles. The summed E-state index contributed by atoms with van der Waals surface area (Å²) in [6.07, 6.45) is 0. The molecule has 0 bridgehead atoms. The summed E-state index contributed by atoms with van der Waals surface area (Å²) in [6, 6.07) is 0. The summed E-state index contributed by atoms with van der Waals surface area (Å²) >= 11 is 0.0149. The maximum Gasteiger partial charge on any atom is 2.00 e. The van der Waals surface area contributed by atoms with Gasteiger partial charge in [-0.05, 0) is 0 Å². The Labute approximate surface area is 75.1 Å². The summed E-state index contributed by atoms with van der Waals surface area (Å²) in [5, 5.41) is 0. The molecule has 2 radical (unpaired) electrons. The molecule has 0 amide bonds. The molecule has 0 unspecified atom stereocenters. The van der Waals surface area contributed by atoms with Crippen LogP contribution < -0.4 is 9.79 Å². The summed E-state index contributed by atoms with van der Waals surface area (Å²) in [5.74, 6) is 0. The van der Waals surface area contributed by atoms with Gasteiger partial charge < -0.3 is 0 Å². The minimum atomic E-state index is -4.59. The van der Waals surface area contributed by atoms with E-state index in [9.17, 15) is 14.4 Å². The standard InChI is InChI=1S/H3O4P.Pb.Sb.2H/c1-5(2,3)4;;;;/h(H3,1,2,3,4);;;;/q;+2;+1;;/p-3. The Balaban J connectivity index is 0. The molecule has 40 valence electrons. The van der Waals surface area contributed by atoms with Crippen molar-refractivity contribution < 1.29 is 17.2 Å². The van der Waals surface area contributed by atoms with Crippen LogP contribution in [0.1, 0.15) is 0 Å². The SMILES string of the molecule is O=P([O-])([O-])[O][SbH2].[Pb+2]. The van der Waals surface area contributed by atoms with Gasteiger partial charge >= 0.3 is 75.7 Å². The van der Waals surface area contributed by atoms with Crippen LogP contribution in [0.5, 0.6) is 0 Å². The molecule has 0 aromatic heterocycles. The van der Waals surface area contributed by atoms with Gasteiger partial charge in [0.05, 0.1) is 0 Å². The Morgan fingerprint density at radius 3 is 1.71 bits per heavy atom. The summed E-state index contributed by atoms with van der Waals surface area (Å²) in [7, 11) is -4.59. The van der Waals surface area contributed by atoms with E-state index >= 15 is 0 Å². The van der Waals surface area contributed by atoms with Crippen molar-refractivity contribution in [2.45, 2.75) is 0 Å². The minimum absolute atomic E-state index is 0. The van der Waals surface area contributed by atoms with Crippen LogP contribution in [0.4, 0.5) is 0 Å². The molecule has 0 aliphatic rings. The maximum absolute atomic E-state index is 9.28. The van der Waals surface area contributed by atoms with Crippen molar-refractivity contribution in [1.29, 1.82) is 0 Å². The summed E-state index contributed by atoms with van der Waals surface area (Å²) < 4.78 is 12.8. The maximum atomic E-state index is 9.28. The molecule has 7 heteroatoms. The number of hydrogen-bond acceptors (Lipinski definition) is 4. The molecular weight excluding hydrogens is 424 g/mol. The van der Waals surface area contributed by atoms with Crippen LogP contribution in [0.25, 0.3) is 0 Å². The van der Waals surface area contributed by atoms with Crippen LogP contribution in [-0.4, -0.2) is 50.7 Å². The summed E-state index contributed by atoms with van der Waals surface area (Å²) in [4.78, 5) is 18.6. The van der Waals surface area contributed by atoms with Gasteiger partial charge in [0, 0.05) is 0 Å². The van der Waals surface area contributed by atoms with E-state index in [0.717, 1.165) is 0 Å². The van der Waals surface area contributed by atoms with E-state index in [4.69, 9.17) is 0 Å². The molecule has 0 rings (SSSR count). The third-order valence-electron chi connectivity index (χ3n) is 0.129. The second kappa shape index (κ2) is 4.70. The number of phosphoric acid groups is 1. The van der Waals surface area contributed by atoms with Crippen molar-refractivity contribution in [3.05, 3.63) is 0 Å². The van der Waals surface area contributed by atoms with Gasteiger partial charge in [0.1, 0.15) is 0 Å². The van der Waals surface area contributed by atoms with Gasteiger partial charge in [-0.15, -0.1) is 0 Å². The van der Waals surface area contributed by atoms with Gasteiger partial charge in [-0.3, -0.25) is 0 Å². The normalized spacial score (nSPS) is 10.1. The first-order valence-corrected chi connectivity index (χ1v) is 3.77. The predicted molar refractivity (Wildman–Crippen MR) is 23.0 cm³/mol. The smallest absolute Gasteiger partial charge is 2.00 e. The van der Waals surface area contributed by atoms with Crippen molar-refractivity contribution in [1.82, 2.24) is 0 Å². The summed E-state index contributed by atoms with van der Waals surface area (Å²) in [5.41, 5.74) is 0. The van der Waals surface area contributed by atoms with Gasteiger partial charge in [0.15, 0.2) is 0 Å². The fourth-order valence-electron chi connectivity index (χ4n) is 0. The zero-order valence-electron chi connectivity index (χ0n) is 3.16. The van der Waals surface area contributed by atoms with Crippen molar-refractivity contribution in [2.75, 3.05) is 0 Å². The van der Waals surface area contributed by atoms with Gasteiger partial charge in [-0.1, -0.05) is 0 Å². The second-order valence-electron chi connectivity index (χ2n) is 0.553. The first-order valence-electron chi connectivity index (χ1n) is 0.966. The molecule has 0 atom stereocenters. The first kappa shape index (κ1) is 11.6. The molecule has 0 saturated carbocycles.